The number of hydrogen-bond acceptors (Lipinski definition) is 2. The van der Waals surface area contributed by atoms with E-state index < -0.39 is 0 Å². The van der Waals surface area contributed by atoms with E-state index in [9.17, 15) is 0 Å². The fourth-order valence-electron chi connectivity index (χ4n) is 2.34. The predicted molar refractivity (Wildman–Crippen MR) is 83.3 cm³/mol. The lowest BCUT2D eigenvalue weighted by Crippen LogP contribution is -2.13. The van der Waals surface area contributed by atoms with Crippen LogP contribution in [0.15, 0.2) is 53.1 Å². The molecular weight excluding hydrogens is 293 g/mol. The van der Waals surface area contributed by atoms with Crippen LogP contribution in [0.5, 0.6) is 0 Å². The summed E-state index contributed by atoms with van der Waals surface area (Å²) in [6.45, 7) is 0. The highest BCUT2D eigenvalue weighted by Crippen LogP contribution is 2.31. The van der Waals surface area contributed by atoms with Gasteiger partial charge in [0, 0.05) is 27.0 Å². The number of hydrogen-bond donors (Lipinski definition) is 1. The van der Waals surface area contributed by atoms with Gasteiger partial charge in [0.05, 0.1) is 6.26 Å². The maximum atomic E-state index is 6.30. The van der Waals surface area contributed by atoms with Crippen molar-refractivity contribution >= 4 is 34.2 Å². The molecule has 0 bridgehead atoms. The smallest absolute Gasteiger partial charge is 0.134 e. The van der Waals surface area contributed by atoms with Crippen molar-refractivity contribution in [2.75, 3.05) is 0 Å². The molecule has 2 nitrogen and oxygen atoms in total. The highest BCUT2D eigenvalue weighted by molar-refractivity contribution is 6.36. The van der Waals surface area contributed by atoms with Crippen molar-refractivity contribution < 1.29 is 4.42 Å². The Morgan fingerprint density at radius 3 is 2.45 bits per heavy atom. The third-order valence-electron chi connectivity index (χ3n) is 3.40. The summed E-state index contributed by atoms with van der Waals surface area (Å²) in [6.07, 6.45) is 2.28. The summed E-state index contributed by atoms with van der Waals surface area (Å²) in [5.74, 6) is 0. The number of para-hydroxylation sites is 1. The van der Waals surface area contributed by atoms with Crippen LogP contribution in [0.2, 0.25) is 10.0 Å². The monoisotopic (exact) mass is 305 g/mol. The number of fused-ring (bicyclic) bond motifs is 1. The van der Waals surface area contributed by atoms with Gasteiger partial charge in [-0.05, 0) is 30.2 Å². The van der Waals surface area contributed by atoms with E-state index >= 15 is 0 Å². The second kappa shape index (κ2) is 5.49. The second-order valence-electron chi connectivity index (χ2n) is 4.70. The van der Waals surface area contributed by atoms with E-state index in [0.29, 0.717) is 16.5 Å². The Kier molecular flexibility index (Phi) is 3.70. The first-order chi connectivity index (χ1) is 9.66. The van der Waals surface area contributed by atoms with Crippen molar-refractivity contribution in [2.45, 2.75) is 12.5 Å². The maximum Gasteiger partial charge on any atom is 0.134 e. The number of benzene rings is 2. The van der Waals surface area contributed by atoms with Crippen LogP contribution in [0.3, 0.4) is 0 Å². The second-order valence-corrected chi connectivity index (χ2v) is 5.51. The Bertz CT molecular complexity index is 731. The molecule has 1 aromatic heterocycles. The molecule has 20 heavy (non-hydrogen) atoms. The first-order valence-electron chi connectivity index (χ1n) is 6.31. The molecule has 0 fully saturated rings. The molecule has 4 heteroatoms. The van der Waals surface area contributed by atoms with Crippen molar-refractivity contribution in [1.29, 1.82) is 0 Å². The standard InChI is InChI=1S/C16H13Cl2NO/c17-13-5-3-6-14(18)11(13)8-15(19)12-9-20-16-7-2-1-4-10(12)16/h1-7,9,15H,8,19H2. The molecule has 0 radical (unpaired) electrons. The average Bonchev–Trinajstić information content (AvgIpc) is 2.87. The summed E-state index contributed by atoms with van der Waals surface area (Å²) in [5, 5.41) is 2.31. The molecule has 3 aromatic rings. The van der Waals surface area contributed by atoms with Gasteiger partial charge in [0.25, 0.3) is 0 Å². The summed E-state index contributed by atoms with van der Waals surface area (Å²) < 4.78 is 5.52. The lowest BCUT2D eigenvalue weighted by atomic mass is 9.99. The zero-order valence-corrected chi connectivity index (χ0v) is 12.2. The minimum Gasteiger partial charge on any atom is -0.464 e. The Morgan fingerprint density at radius 2 is 1.70 bits per heavy atom. The van der Waals surface area contributed by atoms with Crippen molar-refractivity contribution in [2.24, 2.45) is 5.73 Å². The summed E-state index contributed by atoms with van der Waals surface area (Å²) in [6, 6.07) is 13.1. The van der Waals surface area contributed by atoms with E-state index in [0.717, 1.165) is 22.1 Å². The van der Waals surface area contributed by atoms with Crippen molar-refractivity contribution in [3.05, 3.63) is 69.9 Å². The molecule has 0 spiro atoms. The molecule has 3 rings (SSSR count). The van der Waals surface area contributed by atoms with Crippen LogP contribution in [0.4, 0.5) is 0 Å². The molecule has 0 amide bonds. The van der Waals surface area contributed by atoms with Crippen LogP contribution < -0.4 is 5.73 Å². The fourth-order valence-corrected chi connectivity index (χ4v) is 2.89. The van der Waals surface area contributed by atoms with E-state index in [1.807, 2.05) is 42.5 Å². The van der Waals surface area contributed by atoms with Crippen LogP contribution in [0.1, 0.15) is 17.2 Å². The quantitative estimate of drug-likeness (QED) is 0.741. The van der Waals surface area contributed by atoms with Gasteiger partial charge in [0.2, 0.25) is 0 Å². The number of rotatable bonds is 3. The Labute approximate surface area is 127 Å². The SMILES string of the molecule is NC(Cc1c(Cl)cccc1Cl)c1coc2ccccc12. The molecule has 1 unspecified atom stereocenters. The van der Waals surface area contributed by atoms with E-state index in [2.05, 4.69) is 0 Å². The van der Waals surface area contributed by atoms with Gasteiger partial charge in [0.15, 0.2) is 0 Å². The van der Waals surface area contributed by atoms with Crippen LogP contribution in [-0.4, -0.2) is 0 Å². The van der Waals surface area contributed by atoms with Crippen molar-refractivity contribution in [1.82, 2.24) is 0 Å². The van der Waals surface area contributed by atoms with Crippen molar-refractivity contribution in [3.8, 4) is 0 Å². The largest absolute Gasteiger partial charge is 0.464 e. The molecule has 2 aromatic carbocycles. The molecule has 102 valence electrons. The summed E-state index contributed by atoms with van der Waals surface area (Å²) in [4.78, 5) is 0. The summed E-state index contributed by atoms with van der Waals surface area (Å²) >= 11 is 12.4. The van der Waals surface area contributed by atoms with Gasteiger partial charge >= 0.3 is 0 Å². The Morgan fingerprint density at radius 1 is 1.00 bits per heavy atom. The number of halogens is 2. The highest BCUT2D eigenvalue weighted by atomic mass is 35.5. The van der Waals surface area contributed by atoms with E-state index in [-0.39, 0.29) is 6.04 Å². The topological polar surface area (TPSA) is 39.2 Å². The Hall–Kier alpha value is -1.48. The third-order valence-corrected chi connectivity index (χ3v) is 4.10. The highest BCUT2D eigenvalue weighted by Gasteiger charge is 2.16. The molecule has 0 aliphatic rings. The molecule has 1 atom stereocenters. The van der Waals surface area contributed by atoms with E-state index in [1.54, 1.807) is 6.26 Å². The van der Waals surface area contributed by atoms with Gasteiger partial charge < -0.3 is 10.2 Å². The molecule has 0 aliphatic carbocycles. The number of nitrogens with two attached hydrogens (primary N) is 1. The minimum atomic E-state index is -0.212. The third kappa shape index (κ3) is 2.42. The molecule has 0 saturated heterocycles. The molecule has 0 saturated carbocycles. The van der Waals surface area contributed by atoms with Gasteiger partial charge in [0.1, 0.15) is 5.58 Å². The summed E-state index contributed by atoms with van der Waals surface area (Å²) in [5.41, 5.74) is 8.97. The average molecular weight is 306 g/mol. The van der Waals surface area contributed by atoms with Gasteiger partial charge in [-0.15, -0.1) is 0 Å². The fraction of sp³-hybridized carbons (Fsp3) is 0.125. The molecule has 2 N–H and O–H groups in total. The lowest BCUT2D eigenvalue weighted by Gasteiger charge is -2.13. The number of furan rings is 1. The van der Waals surface area contributed by atoms with Gasteiger partial charge in [-0.2, -0.15) is 0 Å². The minimum absolute atomic E-state index is 0.212. The zero-order chi connectivity index (χ0) is 14.1. The molecular formula is C16H13Cl2NO. The Balaban J connectivity index is 1.95. The first kappa shape index (κ1) is 13.5. The van der Waals surface area contributed by atoms with E-state index in [4.69, 9.17) is 33.4 Å². The van der Waals surface area contributed by atoms with Gasteiger partial charge in [-0.3, -0.25) is 0 Å². The van der Waals surface area contributed by atoms with Crippen LogP contribution >= 0.6 is 23.2 Å². The van der Waals surface area contributed by atoms with Gasteiger partial charge in [-0.25, -0.2) is 0 Å². The molecule has 0 aliphatic heterocycles. The van der Waals surface area contributed by atoms with Crippen LogP contribution in [-0.2, 0) is 6.42 Å². The predicted octanol–water partition coefficient (Wildman–Crippen LogP) is 4.98. The maximum absolute atomic E-state index is 6.30. The van der Waals surface area contributed by atoms with E-state index in [1.165, 1.54) is 0 Å². The zero-order valence-electron chi connectivity index (χ0n) is 10.6. The summed E-state index contributed by atoms with van der Waals surface area (Å²) in [7, 11) is 0. The van der Waals surface area contributed by atoms with Crippen molar-refractivity contribution in [3.63, 3.8) is 0 Å². The van der Waals surface area contributed by atoms with Crippen LogP contribution in [0.25, 0.3) is 11.0 Å². The van der Waals surface area contributed by atoms with Crippen LogP contribution in [0, 0.1) is 0 Å². The first-order valence-corrected chi connectivity index (χ1v) is 7.07. The molecule has 1 heterocycles. The lowest BCUT2D eigenvalue weighted by molar-refractivity contribution is 0.599. The van der Waals surface area contributed by atoms with Gasteiger partial charge in [-0.1, -0.05) is 47.5 Å². The normalized spacial score (nSPS) is 12.8.